The lowest BCUT2D eigenvalue weighted by Crippen LogP contribution is -2.04. The van der Waals surface area contributed by atoms with Gasteiger partial charge in [-0.05, 0) is 23.3 Å². The maximum atomic E-state index is 11.3. The lowest BCUT2D eigenvalue weighted by Gasteiger charge is -2.13. The molecular formula is C22H22O4S. The summed E-state index contributed by atoms with van der Waals surface area (Å²) in [6.07, 6.45) is 0. The fourth-order valence-electron chi connectivity index (χ4n) is 2.46. The first-order valence-electron chi connectivity index (χ1n) is 8.37. The summed E-state index contributed by atoms with van der Waals surface area (Å²) in [7, 11) is 0. The van der Waals surface area contributed by atoms with Gasteiger partial charge < -0.3 is 9.47 Å². The summed E-state index contributed by atoms with van der Waals surface area (Å²) in [6, 6.07) is 14.7. The smallest absolute Gasteiger partial charge is 0.308 e. The van der Waals surface area contributed by atoms with Crippen LogP contribution in [-0.2, 0) is 9.59 Å². The molecule has 0 saturated heterocycles. The predicted molar refractivity (Wildman–Crippen MR) is 111 cm³/mol. The molecule has 0 aliphatic rings. The fraction of sp³-hybridized carbons (Fsp3) is 0.182. The van der Waals surface area contributed by atoms with Crippen LogP contribution in [0.3, 0.4) is 0 Å². The predicted octanol–water partition coefficient (Wildman–Crippen LogP) is 5.00. The minimum absolute atomic E-state index is 0.363. The standard InChI is InChI=1S/C22H22O4S/c1-15(19-9-5-7-11-21(19)25-17(3)23)13-27-14-16(2)20-10-6-8-12-22(20)26-18(4)24/h5-12H,1-2,13-14H2,3-4H3. The number of ether oxygens (including phenoxy) is 2. The van der Waals surface area contributed by atoms with Crippen molar-refractivity contribution < 1.29 is 19.1 Å². The molecule has 0 radical (unpaired) electrons. The van der Waals surface area contributed by atoms with Crippen molar-refractivity contribution in [3.8, 4) is 11.5 Å². The zero-order valence-electron chi connectivity index (χ0n) is 15.5. The summed E-state index contributed by atoms with van der Waals surface area (Å²) in [4.78, 5) is 22.5. The van der Waals surface area contributed by atoms with Crippen molar-refractivity contribution in [1.29, 1.82) is 0 Å². The molecule has 140 valence electrons. The van der Waals surface area contributed by atoms with Gasteiger partial charge in [0.2, 0.25) is 0 Å². The van der Waals surface area contributed by atoms with Crippen molar-refractivity contribution in [3.05, 3.63) is 72.8 Å². The molecule has 0 unspecified atom stereocenters. The topological polar surface area (TPSA) is 52.6 Å². The van der Waals surface area contributed by atoms with E-state index in [-0.39, 0.29) is 11.9 Å². The van der Waals surface area contributed by atoms with Crippen LogP contribution in [0.2, 0.25) is 0 Å². The number of hydrogen-bond donors (Lipinski definition) is 0. The molecule has 0 aliphatic carbocycles. The van der Waals surface area contributed by atoms with Gasteiger partial charge in [-0.1, -0.05) is 49.6 Å². The monoisotopic (exact) mass is 382 g/mol. The van der Waals surface area contributed by atoms with E-state index in [9.17, 15) is 9.59 Å². The Hall–Kier alpha value is -2.79. The van der Waals surface area contributed by atoms with Gasteiger partial charge in [0, 0.05) is 36.5 Å². The minimum atomic E-state index is -0.363. The molecule has 0 spiro atoms. The molecule has 0 fully saturated rings. The Morgan fingerprint density at radius 2 is 1.15 bits per heavy atom. The first kappa shape index (κ1) is 20.5. The van der Waals surface area contributed by atoms with E-state index in [1.54, 1.807) is 23.9 Å². The minimum Gasteiger partial charge on any atom is -0.426 e. The summed E-state index contributed by atoms with van der Waals surface area (Å²) in [5.74, 6) is 1.58. The van der Waals surface area contributed by atoms with Gasteiger partial charge in [0.05, 0.1) is 0 Å². The number of para-hydroxylation sites is 2. The van der Waals surface area contributed by atoms with E-state index >= 15 is 0 Å². The van der Waals surface area contributed by atoms with Crippen LogP contribution in [0.5, 0.6) is 11.5 Å². The van der Waals surface area contributed by atoms with E-state index in [2.05, 4.69) is 13.2 Å². The molecule has 2 aromatic carbocycles. The summed E-state index contributed by atoms with van der Waals surface area (Å²) < 4.78 is 10.5. The molecule has 27 heavy (non-hydrogen) atoms. The third kappa shape index (κ3) is 6.15. The number of rotatable bonds is 8. The maximum Gasteiger partial charge on any atom is 0.308 e. The van der Waals surface area contributed by atoms with Crippen molar-refractivity contribution in [1.82, 2.24) is 0 Å². The molecule has 2 aromatic rings. The Kier molecular flexibility index (Phi) is 7.44. The second-order valence-corrected chi connectivity index (χ2v) is 6.87. The van der Waals surface area contributed by atoms with Crippen molar-refractivity contribution in [2.75, 3.05) is 11.5 Å². The molecule has 0 amide bonds. The van der Waals surface area contributed by atoms with E-state index in [1.165, 1.54) is 13.8 Å². The van der Waals surface area contributed by atoms with Crippen LogP contribution in [0.4, 0.5) is 0 Å². The summed E-state index contributed by atoms with van der Waals surface area (Å²) >= 11 is 1.63. The first-order valence-corrected chi connectivity index (χ1v) is 9.53. The highest BCUT2D eigenvalue weighted by Gasteiger charge is 2.11. The van der Waals surface area contributed by atoms with Crippen LogP contribution in [0.25, 0.3) is 11.1 Å². The van der Waals surface area contributed by atoms with Gasteiger partial charge in [-0.15, -0.1) is 0 Å². The lowest BCUT2D eigenvalue weighted by atomic mass is 10.1. The fourth-order valence-corrected chi connectivity index (χ4v) is 3.36. The molecule has 0 heterocycles. The van der Waals surface area contributed by atoms with Gasteiger partial charge >= 0.3 is 11.9 Å². The van der Waals surface area contributed by atoms with E-state index in [0.29, 0.717) is 23.0 Å². The van der Waals surface area contributed by atoms with Crippen LogP contribution in [0.15, 0.2) is 61.7 Å². The number of hydrogen-bond acceptors (Lipinski definition) is 5. The van der Waals surface area contributed by atoms with E-state index in [0.717, 1.165) is 22.3 Å². The second kappa shape index (κ2) is 9.78. The Bertz CT molecular complexity index is 799. The first-order chi connectivity index (χ1) is 12.9. The van der Waals surface area contributed by atoms with Gasteiger partial charge in [0.1, 0.15) is 11.5 Å². The van der Waals surface area contributed by atoms with Crippen molar-refractivity contribution in [2.24, 2.45) is 0 Å². The molecule has 0 N–H and O–H groups in total. The maximum absolute atomic E-state index is 11.3. The van der Waals surface area contributed by atoms with Crippen molar-refractivity contribution >= 4 is 34.8 Å². The average Bonchev–Trinajstić information content (AvgIpc) is 2.61. The Labute approximate surface area is 163 Å². The molecule has 4 nitrogen and oxygen atoms in total. The number of esters is 2. The normalized spacial score (nSPS) is 10.1. The summed E-state index contributed by atoms with van der Waals surface area (Å²) in [6.45, 7) is 11.0. The van der Waals surface area contributed by atoms with Crippen molar-refractivity contribution in [3.63, 3.8) is 0 Å². The van der Waals surface area contributed by atoms with Gasteiger partial charge in [-0.2, -0.15) is 11.8 Å². The van der Waals surface area contributed by atoms with Crippen LogP contribution in [0.1, 0.15) is 25.0 Å². The highest BCUT2D eigenvalue weighted by Crippen LogP contribution is 2.31. The van der Waals surface area contributed by atoms with Crippen LogP contribution in [-0.4, -0.2) is 23.4 Å². The number of benzene rings is 2. The largest absolute Gasteiger partial charge is 0.426 e. The van der Waals surface area contributed by atoms with E-state index in [4.69, 9.17) is 9.47 Å². The SMILES string of the molecule is C=C(CSCC(=C)c1ccccc1OC(C)=O)c1ccccc1OC(C)=O. The summed E-state index contributed by atoms with van der Waals surface area (Å²) in [5.41, 5.74) is 3.34. The van der Waals surface area contributed by atoms with Gasteiger partial charge in [-0.3, -0.25) is 9.59 Å². The summed E-state index contributed by atoms with van der Waals surface area (Å²) in [5, 5.41) is 0. The molecule has 5 heteroatoms. The van der Waals surface area contributed by atoms with Gasteiger partial charge in [0.15, 0.2) is 0 Å². The lowest BCUT2D eigenvalue weighted by molar-refractivity contribution is -0.132. The average molecular weight is 382 g/mol. The number of thioether (sulfide) groups is 1. The van der Waals surface area contributed by atoms with Crippen LogP contribution < -0.4 is 9.47 Å². The third-order valence-electron chi connectivity index (χ3n) is 3.60. The van der Waals surface area contributed by atoms with Gasteiger partial charge in [0.25, 0.3) is 0 Å². The van der Waals surface area contributed by atoms with Crippen LogP contribution >= 0.6 is 11.8 Å². The third-order valence-corrected chi connectivity index (χ3v) is 4.70. The molecule has 0 aromatic heterocycles. The molecule has 0 atom stereocenters. The molecule has 2 rings (SSSR count). The van der Waals surface area contributed by atoms with Gasteiger partial charge in [-0.25, -0.2) is 0 Å². The van der Waals surface area contributed by atoms with Crippen LogP contribution in [0, 0.1) is 0 Å². The zero-order chi connectivity index (χ0) is 19.8. The number of carbonyl (C=O) groups is 2. The molecular weight excluding hydrogens is 360 g/mol. The molecule has 0 saturated carbocycles. The van der Waals surface area contributed by atoms with E-state index < -0.39 is 0 Å². The van der Waals surface area contributed by atoms with Crippen molar-refractivity contribution in [2.45, 2.75) is 13.8 Å². The highest BCUT2D eigenvalue weighted by atomic mass is 32.2. The Morgan fingerprint density at radius 1 is 0.778 bits per heavy atom. The zero-order valence-corrected chi connectivity index (χ0v) is 16.3. The molecule has 0 bridgehead atoms. The Balaban J connectivity index is 1.99. The highest BCUT2D eigenvalue weighted by molar-refractivity contribution is 8.00. The molecule has 0 aliphatic heterocycles. The number of carbonyl (C=O) groups excluding carboxylic acids is 2. The second-order valence-electron chi connectivity index (χ2n) is 5.88. The quantitative estimate of drug-likeness (QED) is 0.475. The Morgan fingerprint density at radius 3 is 1.52 bits per heavy atom. The van der Waals surface area contributed by atoms with E-state index in [1.807, 2.05) is 36.4 Å².